The number of amides is 1. The number of methoxy groups -OCH3 is 2. The third kappa shape index (κ3) is 1.75. The van der Waals surface area contributed by atoms with Crippen LogP contribution in [0.25, 0.3) is 10.9 Å². The first-order valence-corrected chi connectivity index (χ1v) is 8.40. The lowest BCUT2D eigenvalue weighted by Gasteiger charge is -2.30. The van der Waals surface area contributed by atoms with Gasteiger partial charge in [-0.2, -0.15) is 0 Å². The second-order valence-corrected chi connectivity index (χ2v) is 6.48. The van der Waals surface area contributed by atoms with E-state index < -0.39 is 0 Å². The average Bonchev–Trinajstić information content (AvgIpc) is 3.17. The zero-order valence-electron chi connectivity index (χ0n) is 14.1. The Kier molecular flexibility index (Phi) is 2.89. The zero-order valence-corrected chi connectivity index (χ0v) is 14.1. The van der Waals surface area contributed by atoms with Crippen LogP contribution in [0.1, 0.15) is 33.2 Å². The molecule has 3 heterocycles. The van der Waals surface area contributed by atoms with Crippen molar-refractivity contribution in [1.82, 2.24) is 9.88 Å². The third-order valence-corrected chi connectivity index (χ3v) is 5.38. The molecule has 1 aromatic heterocycles. The van der Waals surface area contributed by atoms with E-state index in [1.165, 1.54) is 10.9 Å². The van der Waals surface area contributed by atoms with Gasteiger partial charge in [-0.15, -0.1) is 0 Å². The summed E-state index contributed by atoms with van der Waals surface area (Å²) in [6.45, 7) is 0.707. The van der Waals surface area contributed by atoms with E-state index in [2.05, 4.69) is 23.2 Å². The minimum Gasteiger partial charge on any atom is -0.493 e. The molecule has 5 nitrogen and oxygen atoms in total. The van der Waals surface area contributed by atoms with Crippen molar-refractivity contribution in [3.05, 3.63) is 58.8 Å². The summed E-state index contributed by atoms with van der Waals surface area (Å²) < 4.78 is 10.9. The highest BCUT2D eigenvalue weighted by atomic mass is 16.5. The fourth-order valence-electron chi connectivity index (χ4n) is 4.32. The van der Waals surface area contributed by atoms with Crippen LogP contribution in [0.2, 0.25) is 0 Å². The van der Waals surface area contributed by atoms with Crippen molar-refractivity contribution in [1.29, 1.82) is 0 Å². The number of aromatic nitrogens is 1. The Morgan fingerprint density at radius 3 is 2.76 bits per heavy atom. The third-order valence-electron chi connectivity index (χ3n) is 5.38. The molecule has 0 spiro atoms. The molecule has 0 aliphatic carbocycles. The molecule has 25 heavy (non-hydrogen) atoms. The number of rotatable bonds is 2. The Labute approximate surface area is 145 Å². The molecular weight excluding hydrogens is 316 g/mol. The highest BCUT2D eigenvalue weighted by Gasteiger charge is 2.44. The van der Waals surface area contributed by atoms with Crippen LogP contribution >= 0.6 is 0 Å². The molecule has 2 aliphatic rings. The van der Waals surface area contributed by atoms with E-state index >= 15 is 0 Å². The lowest BCUT2D eigenvalue weighted by Crippen LogP contribution is -2.34. The summed E-state index contributed by atoms with van der Waals surface area (Å²) in [6.07, 6.45) is 0.856. The number of carbonyl (C=O) groups excluding carboxylic acids is 1. The summed E-state index contributed by atoms with van der Waals surface area (Å²) >= 11 is 0. The number of benzene rings is 2. The molecule has 2 aromatic carbocycles. The second-order valence-electron chi connectivity index (χ2n) is 6.48. The van der Waals surface area contributed by atoms with Gasteiger partial charge in [0.05, 0.1) is 25.8 Å². The molecule has 2 aliphatic heterocycles. The second kappa shape index (κ2) is 5.02. The van der Waals surface area contributed by atoms with Gasteiger partial charge >= 0.3 is 0 Å². The molecule has 5 rings (SSSR count). The molecule has 126 valence electrons. The Balaban J connectivity index is 1.77. The predicted molar refractivity (Wildman–Crippen MR) is 94.4 cm³/mol. The molecule has 0 fully saturated rings. The summed E-state index contributed by atoms with van der Waals surface area (Å²) in [7, 11) is 3.17. The maximum absolute atomic E-state index is 13.1. The van der Waals surface area contributed by atoms with Crippen molar-refractivity contribution >= 4 is 16.8 Å². The smallest absolute Gasteiger partial charge is 0.258 e. The van der Waals surface area contributed by atoms with Gasteiger partial charge in [-0.25, -0.2) is 0 Å². The Bertz CT molecular complexity index is 1020. The van der Waals surface area contributed by atoms with Crippen molar-refractivity contribution in [2.24, 2.45) is 0 Å². The normalized spacial score (nSPS) is 18.1. The molecule has 0 radical (unpaired) electrons. The van der Waals surface area contributed by atoms with E-state index in [0.717, 1.165) is 23.2 Å². The number of aromatic amines is 1. The summed E-state index contributed by atoms with van der Waals surface area (Å²) in [5.74, 6) is 1.13. The standard InChI is InChI=1S/C20H18N2O3/c1-24-15-8-7-13-16(19(15)25-2)20(23)22-10-9-12-11-5-3-4-6-14(11)21-17(12)18(13)22/h3-8,18,21H,9-10H2,1-2H3. The average molecular weight is 334 g/mol. The number of H-pyrrole nitrogens is 1. The van der Waals surface area contributed by atoms with Gasteiger partial charge in [0.1, 0.15) is 0 Å². The van der Waals surface area contributed by atoms with Crippen molar-refractivity contribution in [2.45, 2.75) is 12.5 Å². The molecule has 1 amide bonds. The lowest BCUT2D eigenvalue weighted by molar-refractivity contribution is 0.0735. The van der Waals surface area contributed by atoms with Gasteiger partial charge in [-0.05, 0) is 29.7 Å². The highest BCUT2D eigenvalue weighted by molar-refractivity contribution is 6.04. The summed E-state index contributed by atoms with van der Waals surface area (Å²) in [6, 6.07) is 12.1. The van der Waals surface area contributed by atoms with Crippen LogP contribution in [0.3, 0.4) is 0 Å². The maximum Gasteiger partial charge on any atom is 0.258 e. The number of carbonyl (C=O) groups is 1. The quantitative estimate of drug-likeness (QED) is 0.782. The summed E-state index contributed by atoms with van der Waals surface area (Å²) in [4.78, 5) is 18.6. The summed E-state index contributed by atoms with van der Waals surface area (Å²) in [5.41, 5.74) is 5.16. The minimum absolute atomic E-state index is 0.0139. The first kappa shape index (κ1) is 14.4. The van der Waals surface area contributed by atoms with Crippen molar-refractivity contribution in [2.75, 3.05) is 20.8 Å². The van der Waals surface area contributed by atoms with E-state index in [1.807, 2.05) is 23.1 Å². The molecule has 1 atom stereocenters. The van der Waals surface area contributed by atoms with E-state index in [-0.39, 0.29) is 11.9 Å². The first-order chi connectivity index (χ1) is 12.2. The first-order valence-electron chi connectivity index (χ1n) is 8.40. The number of nitrogens with one attached hydrogen (secondary N) is 1. The van der Waals surface area contributed by atoms with Gasteiger partial charge in [-0.1, -0.05) is 24.3 Å². The van der Waals surface area contributed by atoms with E-state index in [9.17, 15) is 4.79 Å². The minimum atomic E-state index is -0.0848. The van der Waals surface area contributed by atoms with E-state index in [4.69, 9.17) is 9.47 Å². The Hall–Kier alpha value is -2.95. The molecule has 5 heteroatoms. The molecule has 0 bridgehead atoms. The SMILES string of the molecule is COc1ccc2c(c1OC)C(=O)N1CCc3c([nH]c4ccccc34)C21. The Morgan fingerprint density at radius 1 is 1.12 bits per heavy atom. The van der Waals surface area contributed by atoms with Crippen LogP contribution in [0.4, 0.5) is 0 Å². The highest BCUT2D eigenvalue weighted by Crippen LogP contribution is 2.48. The number of para-hydroxylation sites is 1. The molecule has 1 unspecified atom stereocenters. The zero-order chi connectivity index (χ0) is 17.1. The number of nitrogens with zero attached hydrogens (tertiary/aromatic N) is 1. The van der Waals surface area contributed by atoms with Crippen LogP contribution in [0.15, 0.2) is 36.4 Å². The van der Waals surface area contributed by atoms with Crippen LogP contribution in [-0.4, -0.2) is 36.6 Å². The number of hydrogen-bond acceptors (Lipinski definition) is 3. The van der Waals surface area contributed by atoms with Gasteiger partial charge in [0.2, 0.25) is 0 Å². The fourth-order valence-corrected chi connectivity index (χ4v) is 4.32. The molecular formula is C20H18N2O3. The van der Waals surface area contributed by atoms with Crippen molar-refractivity contribution in [3.8, 4) is 11.5 Å². The molecule has 1 N–H and O–H groups in total. The molecule has 0 saturated carbocycles. The van der Waals surface area contributed by atoms with Crippen molar-refractivity contribution < 1.29 is 14.3 Å². The van der Waals surface area contributed by atoms with Gasteiger partial charge < -0.3 is 19.4 Å². The van der Waals surface area contributed by atoms with Crippen LogP contribution in [0.5, 0.6) is 11.5 Å². The van der Waals surface area contributed by atoms with Crippen LogP contribution in [-0.2, 0) is 6.42 Å². The maximum atomic E-state index is 13.1. The molecule has 0 saturated heterocycles. The Morgan fingerprint density at radius 2 is 1.96 bits per heavy atom. The van der Waals surface area contributed by atoms with Crippen LogP contribution < -0.4 is 9.47 Å². The number of fused-ring (bicyclic) bond motifs is 7. The topological polar surface area (TPSA) is 54.6 Å². The van der Waals surface area contributed by atoms with Crippen molar-refractivity contribution in [3.63, 3.8) is 0 Å². The van der Waals surface area contributed by atoms with Gasteiger partial charge in [0, 0.05) is 23.1 Å². The lowest BCUT2D eigenvalue weighted by atomic mass is 9.94. The van der Waals surface area contributed by atoms with E-state index in [0.29, 0.717) is 23.6 Å². The summed E-state index contributed by atoms with van der Waals surface area (Å²) in [5, 5.41) is 1.25. The van der Waals surface area contributed by atoms with Gasteiger partial charge in [0.15, 0.2) is 11.5 Å². The van der Waals surface area contributed by atoms with E-state index in [1.54, 1.807) is 14.2 Å². The number of hydrogen-bond donors (Lipinski definition) is 1. The van der Waals surface area contributed by atoms with Gasteiger partial charge in [0.25, 0.3) is 5.91 Å². The van der Waals surface area contributed by atoms with Gasteiger partial charge in [-0.3, -0.25) is 4.79 Å². The van der Waals surface area contributed by atoms with Crippen LogP contribution in [0, 0.1) is 0 Å². The predicted octanol–water partition coefficient (Wildman–Crippen LogP) is 3.29. The largest absolute Gasteiger partial charge is 0.493 e. The fraction of sp³-hybridized carbons (Fsp3) is 0.250. The number of ether oxygens (including phenoxy) is 2. The monoisotopic (exact) mass is 334 g/mol. The molecule has 3 aromatic rings.